The van der Waals surface area contributed by atoms with Gasteiger partial charge in [0, 0.05) is 10.0 Å². The minimum atomic E-state index is -0.425. The van der Waals surface area contributed by atoms with Gasteiger partial charge in [0.25, 0.3) is 5.91 Å². The summed E-state index contributed by atoms with van der Waals surface area (Å²) in [7, 11) is 0. The summed E-state index contributed by atoms with van der Waals surface area (Å²) in [5.41, 5.74) is 5.55. The lowest BCUT2D eigenvalue weighted by molar-refractivity contribution is -0.121. The lowest BCUT2D eigenvalue weighted by atomic mass is 10.1. The summed E-state index contributed by atoms with van der Waals surface area (Å²) in [6.07, 6.45) is -0.0155. The van der Waals surface area contributed by atoms with E-state index in [1.54, 1.807) is 30.3 Å². The SMILES string of the molecule is O=C(Cc1cccc(F)c1)NNC(=O)c1ccc(Br)cc1. The van der Waals surface area contributed by atoms with E-state index >= 15 is 0 Å². The third-order valence-electron chi connectivity index (χ3n) is 2.68. The highest BCUT2D eigenvalue weighted by atomic mass is 79.9. The van der Waals surface area contributed by atoms with E-state index in [0.29, 0.717) is 11.1 Å². The van der Waals surface area contributed by atoms with Gasteiger partial charge in [-0.3, -0.25) is 20.4 Å². The van der Waals surface area contributed by atoms with Crippen LogP contribution < -0.4 is 10.9 Å². The van der Waals surface area contributed by atoms with Gasteiger partial charge < -0.3 is 0 Å². The molecule has 2 aromatic carbocycles. The summed E-state index contributed by atoms with van der Waals surface area (Å²) in [6.45, 7) is 0. The Hall–Kier alpha value is -2.21. The Balaban J connectivity index is 1.86. The second-order valence-electron chi connectivity index (χ2n) is 4.32. The van der Waals surface area contributed by atoms with E-state index in [1.807, 2.05) is 0 Å². The number of nitrogens with one attached hydrogen (secondary N) is 2. The van der Waals surface area contributed by atoms with Crippen molar-refractivity contribution in [2.75, 3.05) is 0 Å². The number of hydrogen-bond acceptors (Lipinski definition) is 2. The maximum Gasteiger partial charge on any atom is 0.269 e. The topological polar surface area (TPSA) is 58.2 Å². The Bertz CT molecular complexity index is 659. The van der Waals surface area contributed by atoms with Crippen LogP contribution in [0.25, 0.3) is 0 Å². The van der Waals surface area contributed by atoms with Gasteiger partial charge in [-0.05, 0) is 42.0 Å². The van der Waals surface area contributed by atoms with E-state index < -0.39 is 17.6 Å². The Labute approximate surface area is 129 Å². The number of hydrogen-bond donors (Lipinski definition) is 2. The van der Waals surface area contributed by atoms with Crippen LogP contribution in [0.5, 0.6) is 0 Å². The quantitative estimate of drug-likeness (QED) is 0.836. The van der Waals surface area contributed by atoms with Gasteiger partial charge in [-0.25, -0.2) is 4.39 Å². The van der Waals surface area contributed by atoms with E-state index in [-0.39, 0.29) is 6.42 Å². The molecule has 0 aliphatic heterocycles. The van der Waals surface area contributed by atoms with Crippen LogP contribution in [0.15, 0.2) is 53.0 Å². The molecule has 0 aromatic heterocycles. The van der Waals surface area contributed by atoms with Crippen molar-refractivity contribution >= 4 is 27.7 Å². The number of rotatable bonds is 3. The van der Waals surface area contributed by atoms with Crippen molar-refractivity contribution in [2.45, 2.75) is 6.42 Å². The molecule has 0 radical (unpaired) electrons. The Morgan fingerprint density at radius 3 is 2.43 bits per heavy atom. The fourth-order valence-electron chi connectivity index (χ4n) is 1.68. The molecule has 0 aliphatic rings. The van der Waals surface area contributed by atoms with Crippen molar-refractivity contribution < 1.29 is 14.0 Å². The molecule has 2 aromatic rings. The molecule has 6 heteroatoms. The number of carbonyl (C=O) groups excluding carboxylic acids is 2. The molecule has 2 rings (SSSR count). The lowest BCUT2D eigenvalue weighted by Gasteiger charge is -2.07. The second-order valence-corrected chi connectivity index (χ2v) is 5.23. The number of benzene rings is 2. The molecule has 0 unspecified atom stereocenters. The summed E-state index contributed by atoms with van der Waals surface area (Å²) >= 11 is 3.27. The predicted octanol–water partition coefficient (Wildman–Crippen LogP) is 2.59. The number of carbonyl (C=O) groups is 2. The number of hydrazine groups is 1. The second kappa shape index (κ2) is 6.99. The van der Waals surface area contributed by atoms with Gasteiger partial charge in [0.2, 0.25) is 5.91 Å². The summed E-state index contributed by atoms with van der Waals surface area (Å²) in [6, 6.07) is 12.4. The van der Waals surface area contributed by atoms with Crippen LogP contribution in [0.3, 0.4) is 0 Å². The van der Waals surface area contributed by atoms with Crippen molar-refractivity contribution in [1.82, 2.24) is 10.9 Å². The van der Waals surface area contributed by atoms with Crippen LogP contribution in [0.4, 0.5) is 4.39 Å². The number of amides is 2. The van der Waals surface area contributed by atoms with Crippen LogP contribution in [-0.2, 0) is 11.2 Å². The summed E-state index contributed by atoms with van der Waals surface area (Å²) in [4.78, 5) is 23.4. The van der Waals surface area contributed by atoms with Crippen molar-refractivity contribution in [2.24, 2.45) is 0 Å². The van der Waals surface area contributed by atoms with E-state index in [9.17, 15) is 14.0 Å². The van der Waals surface area contributed by atoms with E-state index in [0.717, 1.165) is 4.47 Å². The lowest BCUT2D eigenvalue weighted by Crippen LogP contribution is -2.42. The number of halogens is 2. The molecule has 0 aliphatic carbocycles. The average molecular weight is 351 g/mol. The van der Waals surface area contributed by atoms with Crippen molar-refractivity contribution in [1.29, 1.82) is 0 Å². The summed E-state index contributed by atoms with van der Waals surface area (Å²) in [5.74, 6) is -1.25. The molecule has 0 atom stereocenters. The van der Waals surface area contributed by atoms with E-state index in [4.69, 9.17) is 0 Å². The van der Waals surface area contributed by atoms with Crippen molar-refractivity contribution in [3.05, 3.63) is 69.9 Å². The Morgan fingerprint density at radius 1 is 1.05 bits per heavy atom. The van der Waals surface area contributed by atoms with Crippen LogP contribution in [0.2, 0.25) is 0 Å². The molecule has 0 bridgehead atoms. The predicted molar refractivity (Wildman–Crippen MR) is 79.9 cm³/mol. The van der Waals surface area contributed by atoms with Crippen molar-refractivity contribution in [3.63, 3.8) is 0 Å². The first kappa shape index (κ1) is 15.2. The molecule has 0 spiro atoms. The van der Waals surface area contributed by atoms with Crippen LogP contribution >= 0.6 is 15.9 Å². The van der Waals surface area contributed by atoms with Crippen LogP contribution in [0.1, 0.15) is 15.9 Å². The molecule has 108 valence electrons. The zero-order chi connectivity index (χ0) is 15.2. The van der Waals surface area contributed by atoms with Crippen molar-refractivity contribution in [3.8, 4) is 0 Å². The standard InChI is InChI=1S/C15H12BrFN2O2/c16-12-6-4-11(5-7-12)15(21)19-18-14(20)9-10-2-1-3-13(17)8-10/h1-8H,9H2,(H,18,20)(H,19,21). The third kappa shape index (κ3) is 4.68. The minimum absolute atomic E-state index is 0.0155. The highest BCUT2D eigenvalue weighted by Crippen LogP contribution is 2.10. The van der Waals surface area contributed by atoms with E-state index in [1.165, 1.54) is 18.2 Å². The average Bonchev–Trinajstić information content (AvgIpc) is 2.45. The first-order chi connectivity index (χ1) is 10.0. The fourth-order valence-corrected chi connectivity index (χ4v) is 1.94. The zero-order valence-electron chi connectivity index (χ0n) is 10.9. The molecule has 4 nitrogen and oxygen atoms in total. The van der Waals surface area contributed by atoms with Crippen LogP contribution in [-0.4, -0.2) is 11.8 Å². The highest BCUT2D eigenvalue weighted by molar-refractivity contribution is 9.10. The van der Waals surface area contributed by atoms with Gasteiger partial charge >= 0.3 is 0 Å². The molecule has 0 fully saturated rings. The maximum atomic E-state index is 13.0. The van der Waals surface area contributed by atoms with E-state index in [2.05, 4.69) is 26.8 Å². The normalized spacial score (nSPS) is 10.0. The summed E-state index contributed by atoms with van der Waals surface area (Å²) in [5, 5.41) is 0. The molecule has 0 saturated heterocycles. The van der Waals surface area contributed by atoms with Gasteiger partial charge in [-0.15, -0.1) is 0 Å². The molecule has 2 amide bonds. The molecule has 21 heavy (non-hydrogen) atoms. The molecule has 0 saturated carbocycles. The minimum Gasteiger partial charge on any atom is -0.273 e. The molecule has 2 N–H and O–H groups in total. The van der Waals surface area contributed by atoms with Gasteiger partial charge in [0.1, 0.15) is 5.82 Å². The van der Waals surface area contributed by atoms with Gasteiger partial charge in [-0.1, -0.05) is 28.1 Å². The Kier molecular flexibility index (Phi) is 5.05. The third-order valence-corrected chi connectivity index (χ3v) is 3.20. The monoisotopic (exact) mass is 350 g/mol. The smallest absolute Gasteiger partial charge is 0.269 e. The Morgan fingerprint density at radius 2 is 1.76 bits per heavy atom. The zero-order valence-corrected chi connectivity index (χ0v) is 12.5. The molecule has 0 heterocycles. The molecular weight excluding hydrogens is 339 g/mol. The largest absolute Gasteiger partial charge is 0.273 e. The van der Waals surface area contributed by atoms with Gasteiger partial charge in [-0.2, -0.15) is 0 Å². The van der Waals surface area contributed by atoms with Gasteiger partial charge in [0.15, 0.2) is 0 Å². The maximum absolute atomic E-state index is 13.0. The highest BCUT2D eigenvalue weighted by Gasteiger charge is 2.08. The first-order valence-electron chi connectivity index (χ1n) is 6.14. The van der Waals surface area contributed by atoms with Gasteiger partial charge in [0.05, 0.1) is 6.42 Å². The molecular formula is C15H12BrFN2O2. The van der Waals surface area contributed by atoms with Crippen LogP contribution in [0, 0.1) is 5.82 Å². The first-order valence-corrected chi connectivity index (χ1v) is 6.93. The fraction of sp³-hybridized carbons (Fsp3) is 0.0667. The summed E-state index contributed by atoms with van der Waals surface area (Å²) < 4.78 is 13.8.